The Morgan fingerprint density at radius 1 is 1.07 bits per heavy atom. The fourth-order valence-electron chi connectivity index (χ4n) is 3.30. The summed E-state index contributed by atoms with van der Waals surface area (Å²) in [4.78, 5) is 29.9. The summed E-state index contributed by atoms with van der Waals surface area (Å²) in [6, 6.07) is 13.6. The molecule has 0 aliphatic carbocycles. The molecule has 0 spiro atoms. The Bertz CT molecular complexity index is 1050. The zero-order valence-corrected chi connectivity index (χ0v) is 16.8. The van der Waals surface area contributed by atoms with Gasteiger partial charge in [0.05, 0.1) is 19.2 Å². The van der Waals surface area contributed by atoms with Crippen LogP contribution in [-0.2, 0) is 17.9 Å². The summed E-state index contributed by atoms with van der Waals surface area (Å²) in [7, 11) is 1.62. The second-order valence-electron chi connectivity index (χ2n) is 7.05. The van der Waals surface area contributed by atoms with Crippen molar-refractivity contribution in [2.45, 2.75) is 40.3 Å². The van der Waals surface area contributed by atoms with E-state index in [1.807, 2.05) is 63.2 Å². The Morgan fingerprint density at radius 2 is 1.79 bits per heavy atom. The average molecular weight is 378 g/mol. The van der Waals surface area contributed by atoms with Crippen LogP contribution < -0.4 is 10.3 Å². The number of hydrogen-bond donors (Lipinski definition) is 1. The van der Waals surface area contributed by atoms with Crippen LogP contribution in [0.15, 0.2) is 47.3 Å². The molecule has 0 radical (unpaired) electrons. The highest BCUT2D eigenvalue weighted by molar-refractivity contribution is 5.83. The number of nitrogens with one attached hydrogen (secondary N) is 1. The van der Waals surface area contributed by atoms with E-state index in [4.69, 9.17) is 4.74 Å². The van der Waals surface area contributed by atoms with Gasteiger partial charge < -0.3 is 14.6 Å². The number of rotatable bonds is 6. The summed E-state index contributed by atoms with van der Waals surface area (Å²) in [5, 5.41) is 0.978. The van der Waals surface area contributed by atoms with E-state index in [1.165, 1.54) is 0 Å². The zero-order valence-electron chi connectivity index (χ0n) is 16.8. The summed E-state index contributed by atoms with van der Waals surface area (Å²) in [6.45, 7) is 6.58. The maximum Gasteiger partial charge on any atom is 0.253 e. The first-order valence-electron chi connectivity index (χ1n) is 9.45. The molecular formula is C23H26N2O3. The number of aryl methyl sites for hydroxylation is 2. The Balaban J connectivity index is 1.92. The van der Waals surface area contributed by atoms with Gasteiger partial charge in [0.1, 0.15) is 5.75 Å². The van der Waals surface area contributed by atoms with Crippen molar-refractivity contribution in [1.82, 2.24) is 9.88 Å². The third kappa shape index (κ3) is 4.09. The number of hydrogen-bond acceptors (Lipinski definition) is 3. The number of benzene rings is 2. The minimum absolute atomic E-state index is 0.00963. The molecule has 0 aliphatic heterocycles. The Kier molecular flexibility index (Phi) is 5.83. The lowest BCUT2D eigenvalue weighted by Gasteiger charge is -2.22. The minimum Gasteiger partial charge on any atom is -0.497 e. The third-order valence-corrected chi connectivity index (χ3v) is 5.18. The molecule has 0 saturated heterocycles. The van der Waals surface area contributed by atoms with Crippen molar-refractivity contribution >= 4 is 16.8 Å². The van der Waals surface area contributed by atoms with Gasteiger partial charge in [-0.05, 0) is 54.1 Å². The number of aromatic nitrogens is 1. The summed E-state index contributed by atoms with van der Waals surface area (Å²) < 4.78 is 5.19. The van der Waals surface area contributed by atoms with Gasteiger partial charge in [-0.15, -0.1) is 0 Å². The molecule has 1 N–H and O–H groups in total. The number of amides is 1. The van der Waals surface area contributed by atoms with E-state index in [1.54, 1.807) is 12.0 Å². The molecule has 2 aromatic carbocycles. The van der Waals surface area contributed by atoms with E-state index < -0.39 is 0 Å². The predicted molar refractivity (Wildman–Crippen MR) is 112 cm³/mol. The van der Waals surface area contributed by atoms with Gasteiger partial charge in [0.25, 0.3) is 5.56 Å². The smallest absolute Gasteiger partial charge is 0.253 e. The predicted octanol–water partition coefficient (Wildman–Crippen LogP) is 4.09. The number of fused-ring (bicyclic) bond motifs is 1. The molecule has 3 aromatic rings. The summed E-state index contributed by atoms with van der Waals surface area (Å²) in [5.41, 5.74) is 4.50. The van der Waals surface area contributed by atoms with Gasteiger partial charge in [-0.3, -0.25) is 9.59 Å². The fraction of sp³-hybridized carbons (Fsp3) is 0.304. The first-order valence-corrected chi connectivity index (χ1v) is 9.45. The van der Waals surface area contributed by atoms with Crippen LogP contribution >= 0.6 is 0 Å². The zero-order chi connectivity index (χ0) is 20.3. The number of nitrogens with zero attached hydrogens (tertiary/aromatic N) is 1. The monoisotopic (exact) mass is 378 g/mol. The van der Waals surface area contributed by atoms with Crippen LogP contribution in [0.2, 0.25) is 0 Å². The first kappa shape index (κ1) is 19.7. The topological polar surface area (TPSA) is 62.4 Å². The van der Waals surface area contributed by atoms with Crippen molar-refractivity contribution in [2.24, 2.45) is 0 Å². The molecule has 1 aromatic heterocycles. The Morgan fingerprint density at radius 3 is 2.43 bits per heavy atom. The van der Waals surface area contributed by atoms with E-state index >= 15 is 0 Å². The lowest BCUT2D eigenvalue weighted by Crippen LogP contribution is -2.32. The van der Waals surface area contributed by atoms with Crippen molar-refractivity contribution in [3.05, 3.63) is 75.1 Å². The maximum absolute atomic E-state index is 12.7. The molecule has 28 heavy (non-hydrogen) atoms. The molecule has 0 aliphatic rings. The largest absolute Gasteiger partial charge is 0.497 e. The quantitative estimate of drug-likeness (QED) is 0.703. The lowest BCUT2D eigenvalue weighted by atomic mass is 10.0. The number of pyridine rings is 1. The number of aromatic amines is 1. The molecule has 0 bridgehead atoms. The summed E-state index contributed by atoms with van der Waals surface area (Å²) in [6.07, 6.45) is 0.389. The highest BCUT2D eigenvalue weighted by Gasteiger charge is 2.16. The third-order valence-electron chi connectivity index (χ3n) is 5.18. The van der Waals surface area contributed by atoms with Gasteiger partial charge in [-0.25, -0.2) is 0 Å². The molecule has 0 fully saturated rings. The Hall–Kier alpha value is -3.08. The SMILES string of the molecule is CCC(=O)N(Cc1ccc(OC)cc1)Cc1cc2ccc(C)c(C)c2[nH]c1=O. The first-order chi connectivity index (χ1) is 13.4. The van der Waals surface area contributed by atoms with E-state index in [2.05, 4.69) is 4.98 Å². The van der Waals surface area contributed by atoms with Gasteiger partial charge in [0.2, 0.25) is 5.91 Å². The van der Waals surface area contributed by atoms with Crippen LogP contribution in [-0.4, -0.2) is 22.9 Å². The molecule has 146 valence electrons. The van der Waals surface area contributed by atoms with E-state index in [9.17, 15) is 9.59 Å². The average Bonchev–Trinajstić information content (AvgIpc) is 2.71. The summed E-state index contributed by atoms with van der Waals surface area (Å²) >= 11 is 0. The van der Waals surface area contributed by atoms with Crippen LogP contribution in [0.5, 0.6) is 5.75 Å². The summed E-state index contributed by atoms with van der Waals surface area (Å²) in [5.74, 6) is 0.782. The van der Waals surface area contributed by atoms with E-state index in [0.717, 1.165) is 33.3 Å². The van der Waals surface area contributed by atoms with Gasteiger partial charge >= 0.3 is 0 Å². The standard InChI is InChI=1S/C23H26N2O3/c1-5-21(26)25(13-17-7-10-20(28-4)11-8-17)14-19-12-18-9-6-15(2)16(3)22(18)24-23(19)27/h6-12H,5,13-14H2,1-4H3,(H,24,27). The van der Waals surface area contributed by atoms with Crippen LogP contribution in [0.1, 0.15) is 35.6 Å². The Labute approximate surface area is 165 Å². The second-order valence-corrected chi connectivity index (χ2v) is 7.05. The van der Waals surface area contributed by atoms with Crippen LogP contribution in [0, 0.1) is 13.8 Å². The molecule has 0 unspecified atom stereocenters. The van der Waals surface area contributed by atoms with Crippen LogP contribution in [0.4, 0.5) is 0 Å². The van der Waals surface area contributed by atoms with E-state index in [0.29, 0.717) is 18.5 Å². The number of ether oxygens (including phenoxy) is 1. The maximum atomic E-state index is 12.7. The van der Waals surface area contributed by atoms with Crippen molar-refractivity contribution in [2.75, 3.05) is 7.11 Å². The van der Waals surface area contributed by atoms with Crippen molar-refractivity contribution in [3.8, 4) is 5.75 Å². The number of H-pyrrole nitrogens is 1. The van der Waals surface area contributed by atoms with E-state index in [-0.39, 0.29) is 18.0 Å². The van der Waals surface area contributed by atoms with Crippen LogP contribution in [0.3, 0.4) is 0 Å². The minimum atomic E-state index is -0.148. The molecule has 5 nitrogen and oxygen atoms in total. The molecule has 1 amide bonds. The highest BCUT2D eigenvalue weighted by atomic mass is 16.5. The van der Waals surface area contributed by atoms with Crippen LogP contribution in [0.25, 0.3) is 10.9 Å². The number of methoxy groups -OCH3 is 1. The molecule has 0 saturated carbocycles. The lowest BCUT2D eigenvalue weighted by molar-refractivity contribution is -0.132. The molecule has 0 atom stereocenters. The number of carbonyl (C=O) groups is 1. The second kappa shape index (κ2) is 8.30. The van der Waals surface area contributed by atoms with Gasteiger partial charge in [0, 0.05) is 18.5 Å². The van der Waals surface area contributed by atoms with Crippen molar-refractivity contribution in [3.63, 3.8) is 0 Å². The highest BCUT2D eigenvalue weighted by Crippen LogP contribution is 2.20. The van der Waals surface area contributed by atoms with Gasteiger partial charge in [-0.2, -0.15) is 0 Å². The fourth-order valence-corrected chi connectivity index (χ4v) is 3.30. The molecule has 3 rings (SSSR count). The normalized spacial score (nSPS) is 10.9. The molecule has 5 heteroatoms. The van der Waals surface area contributed by atoms with Gasteiger partial charge in [-0.1, -0.05) is 31.2 Å². The van der Waals surface area contributed by atoms with Crippen molar-refractivity contribution < 1.29 is 9.53 Å². The number of carbonyl (C=O) groups excluding carboxylic acids is 1. The van der Waals surface area contributed by atoms with Crippen molar-refractivity contribution in [1.29, 1.82) is 0 Å². The van der Waals surface area contributed by atoms with Gasteiger partial charge in [0.15, 0.2) is 0 Å². The molecule has 1 heterocycles. The molecular weight excluding hydrogens is 352 g/mol.